The number of carbonyl (C=O) groups excluding carboxylic acids is 1. The van der Waals surface area contributed by atoms with Gasteiger partial charge in [-0.05, 0) is 35.9 Å². The maximum atomic E-state index is 12.6. The molecule has 0 saturated carbocycles. The second kappa shape index (κ2) is 7.82. The van der Waals surface area contributed by atoms with Gasteiger partial charge in [-0.15, -0.1) is 0 Å². The van der Waals surface area contributed by atoms with E-state index in [1.54, 1.807) is 31.3 Å². The molecule has 1 fully saturated rings. The molecule has 0 radical (unpaired) electrons. The predicted molar refractivity (Wildman–Crippen MR) is 108 cm³/mol. The Kier molecular flexibility index (Phi) is 4.85. The Bertz CT molecular complexity index is 1130. The summed E-state index contributed by atoms with van der Waals surface area (Å²) >= 11 is 0. The van der Waals surface area contributed by atoms with Crippen LogP contribution in [0.25, 0.3) is 11.4 Å². The van der Waals surface area contributed by atoms with Gasteiger partial charge in [-0.2, -0.15) is 4.98 Å². The van der Waals surface area contributed by atoms with Crippen molar-refractivity contribution >= 4 is 5.91 Å². The van der Waals surface area contributed by atoms with Crippen LogP contribution in [-0.2, 0) is 11.3 Å². The Morgan fingerprint density at radius 3 is 2.74 bits per heavy atom. The largest absolute Gasteiger partial charge is 0.493 e. The second-order valence-corrected chi connectivity index (χ2v) is 7.39. The molecule has 0 bridgehead atoms. The van der Waals surface area contributed by atoms with Crippen molar-refractivity contribution in [3.05, 3.63) is 47.9 Å². The van der Waals surface area contributed by atoms with Gasteiger partial charge in [0.2, 0.25) is 24.4 Å². The molecule has 1 saturated heterocycles. The van der Waals surface area contributed by atoms with E-state index in [4.69, 9.17) is 23.5 Å². The standard InChI is InChI=1S/C22H21N3O6/c1-27-16-6-4-14(8-18(16)28-2)21-23-22(31-24-21)15-9-20(26)25(11-15)10-13-3-5-17-19(7-13)30-12-29-17/h3-8,15H,9-12H2,1-2H3. The number of likely N-dealkylation sites (tertiary alicyclic amines) is 1. The zero-order valence-corrected chi connectivity index (χ0v) is 17.2. The van der Waals surface area contributed by atoms with E-state index in [9.17, 15) is 4.79 Å². The summed E-state index contributed by atoms with van der Waals surface area (Å²) in [4.78, 5) is 18.9. The van der Waals surface area contributed by atoms with E-state index in [-0.39, 0.29) is 18.6 Å². The number of methoxy groups -OCH3 is 2. The zero-order valence-electron chi connectivity index (χ0n) is 17.2. The number of aromatic nitrogens is 2. The van der Waals surface area contributed by atoms with Crippen LogP contribution >= 0.6 is 0 Å². The van der Waals surface area contributed by atoms with Crippen molar-refractivity contribution in [1.29, 1.82) is 0 Å². The Morgan fingerprint density at radius 2 is 1.90 bits per heavy atom. The maximum Gasteiger partial charge on any atom is 0.232 e. The van der Waals surface area contributed by atoms with Gasteiger partial charge in [0.05, 0.1) is 20.1 Å². The minimum Gasteiger partial charge on any atom is -0.493 e. The summed E-state index contributed by atoms with van der Waals surface area (Å²) in [7, 11) is 3.15. The van der Waals surface area contributed by atoms with E-state index in [2.05, 4.69) is 10.1 Å². The van der Waals surface area contributed by atoms with E-state index in [1.165, 1.54) is 0 Å². The molecule has 1 amide bonds. The van der Waals surface area contributed by atoms with Crippen molar-refractivity contribution in [1.82, 2.24) is 15.0 Å². The first-order valence-electron chi connectivity index (χ1n) is 9.87. The van der Waals surface area contributed by atoms with E-state index in [0.717, 1.165) is 16.9 Å². The monoisotopic (exact) mass is 423 g/mol. The molecule has 1 atom stereocenters. The molecule has 0 N–H and O–H groups in total. The van der Waals surface area contributed by atoms with Gasteiger partial charge >= 0.3 is 0 Å². The maximum absolute atomic E-state index is 12.6. The summed E-state index contributed by atoms with van der Waals surface area (Å²) in [6.07, 6.45) is 0.331. The first-order chi connectivity index (χ1) is 15.1. The number of benzene rings is 2. The highest BCUT2D eigenvalue weighted by molar-refractivity contribution is 5.79. The van der Waals surface area contributed by atoms with Crippen LogP contribution in [0, 0.1) is 0 Å². The van der Waals surface area contributed by atoms with Crippen LogP contribution in [0.1, 0.15) is 23.8 Å². The van der Waals surface area contributed by atoms with Crippen molar-refractivity contribution in [3.8, 4) is 34.4 Å². The quantitative estimate of drug-likeness (QED) is 0.597. The Morgan fingerprint density at radius 1 is 1.06 bits per heavy atom. The molecule has 2 aromatic carbocycles. The number of rotatable bonds is 6. The van der Waals surface area contributed by atoms with Gasteiger partial charge in [0, 0.05) is 25.1 Å². The van der Waals surface area contributed by atoms with Crippen LogP contribution in [-0.4, -0.2) is 48.5 Å². The van der Waals surface area contributed by atoms with Crippen LogP contribution in [0.4, 0.5) is 0 Å². The van der Waals surface area contributed by atoms with Crippen molar-refractivity contribution in [3.63, 3.8) is 0 Å². The fraction of sp³-hybridized carbons (Fsp3) is 0.318. The number of amides is 1. The third-order valence-electron chi connectivity index (χ3n) is 5.46. The van der Waals surface area contributed by atoms with Gasteiger partial charge in [-0.1, -0.05) is 11.2 Å². The molecule has 0 aliphatic carbocycles. The van der Waals surface area contributed by atoms with Gasteiger partial charge in [0.25, 0.3) is 0 Å². The SMILES string of the molecule is COc1ccc(-c2noc(C3CC(=O)N(Cc4ccc5c(c4)OCO5)C3)n2)cc1OC. The number of carbonyl (C=O) groups is 1. The van der Waals surface area contributed by atoms with Gasteiger partial charge in [0.15, 0.2) is 23.0 Å². The van der Waals surface area contributed by atoms with Gasteiger partial charge in [0.1, 0.15) is 0 Å². The molecular formula is C22H21N3O6. The van der Waals surface area contributed by atoms with E-state index in [0.29, 0.717) is 48.5 Å². The number of hydrogen-bond acceptors (Lipinski definition) is 8. The third kappa shape index (κ3) is 3.63. The summed E-state index contributed by atoms with van der Waals surface area (Å²) in [6.45, 7) is 1.23. The number of fused-ring (bicyclic) bond motifs is 1. The molecule has 31 heavy (non-hydrogen) atoms. The molecular weight excluding hydrogens is 402 g/mol. The van der Waals surface area contributed by atoms with Gasteiger partial charge < -0.3 is 28.4 Å². The molecule has 2 aliphatic heterocycles. The molecule has 5 rings (SSSR count). The van der Waals surface area contributed by atoms with Crippen molar-refractivity contribution in [2.45, 2.75) is 18.9 Å². The number of hydrogen-bond donors (Lipinski definition) is 0. The second-order valence-electron chi connectivity index (χ2n) is 7.39. The minimum atomic E-state index is -0.150. The van der Waals surface area contributed by atoms with E-state index >= 15 is 0 Å². The van der Waals surface area contributed by atoms with Gasteiger partial charge in [-0.3, -0.25) is 4.79 Å². The van der Waals surface area contributed by atoms with Crippen LogP contribution in [0.2, 0.25) is 0 Å². The summed E-state index contributed by atoms with van der Waals surface area (Å²) < 4.78 is 26.9. The lowest BCUT2D eigenvalue weighted by molar-refractivity contribution is -0.128. The highest BCUT2D eigenvalue weighted by Gasteiger charge is 2.34. The molecule has 1 aromatic heterocycles. The first kappa shape index (κ1) is 19.2. The van der Waals surface area contributed by atoms with Crippen LogP contribution < -0.4 is 18.9 Å². The topological polar surface area (TPSA) is 96.2 Å². The molecule has 9 nitrogen and oxygen atoms in total. The van der Waals surface area contributed by atoms with Crippen molar-refractivity contribution in [2.24, 2.45) is 0 Å². The smallest absolute Gasteiger partial charge is 0.232 e. The van der Waals surface area contributed by atoms with Crippen molar-refractivity contribution < 1.29 is 28.3 Å². The highest BCUT2D eigenvalue weighted by Crippen LogP contribution is 2.35. The average Bonchev–Trinajstić information content (AvgIpc) is 3.53. The summed E-state index contributed by atoms with van der Waals surface area (Å²) in [5.74, 6) is 3.42. The van der Waals surface area contributed by atoms with Gasteiger partial charge in [-0.25, -0.2) is 0 Å². The Balaban J connectivity index is 1.30. The van der Waals surface area contributed by atoms with Crippen LogP contribution in [0.15, 0.2) is 40.9 Å². The minimum absolute atomic E-state index is 0.0496. The summed E-state index contributed by atoms with van der Waals surface area (Å²) in [5, 5.41) is 4.09. The molecule has 0 spiro atoms. The highest BCUT2D eigenvalue weighted by atomic mass is 16.7. The molecule has 160 valence electrons. The Labute approximate surface area is 178 Å². The van der Waals surface area contributed by atoms with Crippen LogP contribution in [0.5, 0.6) is 23.0 Å². The zero-order chi connectivity index (χ0) is 21.4. The lowest BCUT2D eigenvalue weighted by atomic mass is 10.1. The van der Waals surface area contributed by atoms with E-state index in [1.807, 2.05) is 24.3 Å². The predicted octanol–water partition coefficient (Wildman–Crippen LogP) is 3.00. The number of nitrogens with zero attached hydrogens (tertiary/aromatic N) is 3. The summed E-state index contributed by atoms with van der Waals surface area (Å²) in [6, 6.07) is 11.1. The normalized spacial score (nSPS) is 17.3. The average molecular weight is 423 g/mol. The number of ether oxygens (including phenoxy) is 4. The molecule has 1 unspecified atom stereocenters. The summed E-state index contributed by atoms with van der Waals surface area (Å²) in [5.41, 5.74) is 1.73. The fourth-order valence-corrected chi connectivity index (χ4v) is 3.84. The molecule has 9 heteroatoms. The first-order valence-corrected chi connectivity index (χ1v) is 9.87. The van der Waals surface area contributed by atoms with E-state index < -0.39 is 0 Å². The lowest BCUT2D eigenvalue weighted by Gasteiger charge is -2.16. The molecule has 3 aromatic rings. The lowest BCUT2D eigenvalue weighted by Crippen LogP contribution is -2.24. The Hall–Kier alpha value is -3.75. The van der Waals surface area contributed by atoms with Crippen LogP contribution in [0.3, 0.4) is 0 Å². The molecule has 2 aliphatic rings. The fourth-order valence-electron chi connectivity index (χ4n) is 3.84. The molecule has 3 heterocycles. The third-order valence-corrected chi connectivity index (χ3v) is 5.46. The van der Waals surface area contributed by atoms with Crippen molar-refractivity contribution in [2.75, 3.05) is 27.6 Å².